The summed E-state index contributed by atoms with van der Waals surface area (Å²) in [5.74, 6) is 0.0601. The van der Waals surface area contributed by atoms with Crippen molar-refractivity contribution in [2.45, 2.75) is 13.5 Å². The Morgan fingerprint density at radius 1 is 1.21 bits per heavy atom. The van der Waals surface area contributed by atoms with Gasteiger partial charge in [0.1, 0.15) is 0 Å². The third-order valence-electron chi connectivity index (χ3n) is 3.47. The highest BCUT2D eigenvalue weighted by molar-refractivity contribution is 6.34. The number of nitrogens with one attached hydrogen (secondary N) is 1. The molecule has 24 heavy (non-hydrogen) atoms. The minimum Gasteiger partial charge on any atom is -0.304 e. The number of hydrogen-bond donors (Lipinski definition) is 1. The second-order valence-corrected chi connectivity index (χ2v) is 6.25. The molecule has 2 aromatic heterocycles. The maximum atomic E-state index is 12.2. The van der Waals surface area contributed by atoms with Crippen LogP contribution in [0, 0.1) is 6.92 Å². The predicted octanol–water partition coefficient (Wildman–Crippen LogP) is 3.53. The Morgan fingerprint density at radius 3 is 2.54 bits per heavy atom. The van der Waals surface area contributed by atoms with Crippen molar-refractivity contribution in [1.29, 1.82) is 0 Å². The Bertz CT molecular complexity index is 883. The van der Waals surface area contributed by atoms with Gasteiger partial charge in [-0.05, 0) is 24.6 Å². The largest absolute Gasteiger partial charge is 0.304 e. The standard InChI is InChI=1S/C16H15Cl2N5O/c1-10-7-14(19-16(24)15-13(18)9-22(2)21-15)20-23(10)8-11-3-5-12(17)6-4-11/h3-7,9H,8H2,1-2H3,(H,19,20,24). The first-order chi connectivity index (χ1) is 11.4. The highest BCUT2D eigenvalue weighted by atomic mass is 35.5. The molecular weight excluding hydrogens is 349 g/mol. The van der Waals surface area contributed by atoms with Crippen LogP contribution < -0.4 is 5.32 Å². The Morgan fingerprint density at radius 2 is 1.92 bits per heavy atom. The van der Waals surface area contributed by atoms with Gasteiger partial charge in [0.05, 0.1) is 11.6 Å². The summed E-state index contributed by atoms with van der Waals surface area (Å²) in [7, 11) is 1.70. The molecular formula is C16H15Cl2N5O. The average molecular weight is 364 g/mol. The molecule has 0 saturated heterocycles. The van der Waals surface area contributed by atoms with E-state index in [0.717, 1.165) is 11.3 Å². The molecule has 3 rings (SSSR count). The van der Waals surface area contributed by atoms with Gasteiger partial charge in [-0.1, -0.05) is 35.3 Å². The van der Waals surface area contributed by atoms with Crippen LogP contribution in [0.5, 0.6) is 0 Å². The topological polar surface area (TPSA) is 64.7 Å². The number of anilines is 1. The Hall–Kier alpha value is -2.31. The Balaban J connectivity index is 1.75. The molecule has 0 aliphatic rings. The van der Waals surface area contributed by atoms with Gasteiger partial charge in [0.2, 0.25) is 0 Å². The third kappa shape index (κ3) is 3.60. The molecule has 0 bridgehead atoms. The molecule has 1 amide bonds. The van der Waals surface area contributed by atoms with Crippen molar-refractivity contribution in [2.24, 2.45) is 7.05 Å². The normalized spacial score (nSPS) is 10.8. The van der Waals surface area contributed by atoms with E-state index in [9.17, 15) is 4.79 Å². The quantitative estimate of drug-likeness (QED) is 0.770. The lowest BCUT2D eigenvalue weighted by atomic mass is 10.2. The van der Waals surface area contributed by atoms with Gasteiger partial charge in [0.15, 0.2) is 11.5 Å². The molecule has 3 aromatic rings. The lowest BCUT2D eigenvalue weighted by Gasteiger charge is -2.04. The summed E-state index contributed by atoms with van der Waals surface area (Å²) < 4.78 is 3.29. The second kappa shape index (κ2) is 6.67. The van der Waals surface area contributed by atoms with Gasteiger partial charge in [0, 0.05) is 30.0 Å². The molecule has 0 fully saturated rings. The van der Waals surface area contributed by atoms with Crippen LogP contribution >= 0.6 is 23.2 Å². The molecule has 0 radical (unpaired) electrons. The number of benzene rings is 1. The number of halogens is 2. The van der Waals surface area contributed by atoms with Crippen molar-refractivity contribution in [3.63, 3.8) is 0 Å². The van der Waals surface area contributed by atoms with E-state index < -0.39 is 5.91 Å². The van der Waals surface area contributed by atoms with Gasteiger partial charge in [-0.2, -0.15) is 10.2 Å². The van der Waals surface area contributed by atoms with Crippen LogP contribution in [0.15, 0.2) is 36.5 Å². The third-order valence-corrected chi connectivity index (χ3v) is 4.00. The van der Waals surface area contributed by atoms with Crippen LogP contribution in [-0.2, 0) is 13.6 Å². The lowest BCUT2D eigenvalue weighted by molar-refractivity contribution is 0.102. The first kappa shape index (κ1) is 16.5. The predicted molar refractivity (Wildman–Crippen MR) is 93.7 cm³/mol. The Labute approximate surface area is 149 Å². The van der Waals surface area contributed by atoms with E-state index in [1.807, 2.05) is 31.2 Å². The molecule has 8 heteroatoms. The van der Waals surface area contributed by atoms with E-state index in [1.165, 1.54) is 4.68 Å². The molecule has 6 nitrogen and oxygen atoms in total. The summed E-state index contributed by atoms with van der Waals surface area (Å²) in [6, 6.07) is 9.35. The number of carbonyl (C=O) groups excluding carboxylic acids is 1. The summed E-state index contributed by atoms with van der Waals surface area (Å²) in [6.45, 7) is 2.51. The summed E-state index contributed by atoms with van der Waals surface area (Å²) in [4.78, 5) is 12.2. The van der Waals surface area contributed by atoms with E-state index in [1.54, 1.807) is 24.0 Å². The molecule has 2 heterocycles. The zero-order chi connectivity index (χ0) is 17.3. The highest BCUT2D eigenvalue weighted by Gasteiger charge is 2.16. The van der Waals surface area contributed by atoms with Gasteiger partial charge in [-0.25, -0.2) is 0 Å². The molecule has 0 atom stereocenters. The number of amides is 1. The van der Waals surface area contributed by atoms with Gasteiger partial charge in [-0.3, -0.25) is 14.2 Å². The van der Waals surface area contributed by atoms with Crippen molar-refractivity contribution in [1.82, 2.24) is 19.6 Å². The minimum atomic E-state index is -0.392. The zero-order valence-corrected chi connectivity index (χ0v) is 14.6. The number of rotatable bonds is 4. The zero-order valence-electron chi connectivity index (χ0n) is 13.1. The summed E-state index contributed by atoms with van der Waals surface area (Å²) >= 11 is 11.9. The number of aryl methyl sites for hydroxylation is 2. The van der Waals surface area contributed by atoms with Gasteiger partial charge in [0.25, 0.3) is 5.91 Å². The minimum absolute atomic E-state index is 0.170. The van der Waals surface area contributed by atoms with Gasteiger partial charge >= 0.3 is 0 Å². The monoisotopic (exact) mass is 363 g/mol. The van der Waals surface area contributed by atoms with Crippen molar-refractivity contribution in [2.75, 3.05) is 5.32 Å². The molecule has 1 aromatic carbocycles. The first-order valence-corrected chi connectivity index (χ1v) is 7.97. The van der Waals surface area contributed by atoms with Crippen LogP contribution in [0.25, 0.3) is 0 Å². The SMILES string of the molecule is Cc1cc(NC(=O)c2nn(C)cc2Cl)nn1Cc1ccc(Cl)cc1. The molecule has 0 aliphatic carbocycles. The van der Waals surface area contributed by atoms with E-state index in [2.05, 4.69) is 15.5 Å². The number of nitrogens with zero attached hydrogens (tertiary/aromatic N) is 4. The highest BCUT2D eigenvalue weighted by Crippen LogP contribution is 2.17. The van der Waals surface area contributed by atoms with Gasteiger partial charge < -0.3 is 5.32 Å². The van der Waals surface area contributed by atoms with E-state index >= 15 is 0 Å². The van der Waals surface area contributed by atoms with Crippen LogP contribution in [-0.4, -0.2) is 25.5 Å². The maximum Gasteiger partial charge on any atom is 0.278 e. The van der Waals surface area contributed by atoms with Crippen LogP contribution in [0.2, 0.25) is 10.0 Å². The van der Waals surface area contributed by atoms with E-state index in [-0.39, 0.29) is 5.69 Å². The lowest BCUT2D eigenvalue weighted by Crippen LogP contribution is -2.14. The average Bonchev–Trinajstić information content (AvgIpc) is 3.03. The van der Waals surface area contributed by atoms with Gasteiger partial charge in [-0.15, -0.1) is 0 Å². The van der Waals surface area contributed by atoms with E-state index in [0.29, 0.717) is 22.4 Å². The fourth-order valence-corrected chi connectivity index (χ4v) is 2.67. The smallest absolute Gasteiger partial charge is 0.278 e. The van der Waals surface area contributed by atoms with E-state index in [4.69, 9.17) is 23.2 Å². The number of carbonyl (C=O) groups is 1. The second-order valence-electron chi connectivity index (χ2n) is 5.41. The number of hydrogen-bond acceptors (Lipinski definition) is 3. The Kier molecular flexibility index (Phi) is 4.59. The van der Waals surface area contributed by atoms with Crippen molar-refractivity contribution >= 4 is 34.9 Å². The molecule has 1 N–H and O–H groups in total. The summed E-state index contributed by atoms with van der Waals surface area (Å²) in [5.41, 5.74) is 2.16. The fourth-order valence-electron chi connectivity index (χ4n) is 2.28. The molecule has 124 valence electrons. The molecule has 0 unspecified atom stereocenters. The maximum absolute atomic E-state index is 12.2. The molecule has 0 saturated carbocycles. The summed E-state index contributed by atoms with van der Waals surface area (Å²) in [6.07, 6.45) is 1.57. The molecule has 0 spiro atoms. The van der Waals surface area contributed by atoms with Crippen molar-refractivity contribution in [3.05, 3.63) is 63.5 Å². The number of aromatic nitrogens is 4. The van der Waals surface area contributed by atoms with Crippen LogP contribution in [0.1, 0.15) is 21.7 Å². The van der Waals surface area contributed by atoms with Crippen LogP contribution in [0.4, 0.5) is 5.82 Å². The molecule has 0 aliphatic heterocycles. The first-order valence-electron chi connectivity index (χ1n) is 7.22. The summed E-state index contributed by atoms with van der Waals surface area (Å²) in [5, 5.41) is 12.1. The van der Waals surface area contributed by atoms with Crippen molar-refractivity contribution in [3.8, 4) is 0 Å². The van der Waals surface area contributed by atoms with Crippen molar-refractivity contribution < 1.29 is 4.79 Å². The fraction of sp³-hybridized carbons (Fsp3) is 0.188. The van der Waals surface area contributed by atoms with Crippen LogP contribution in [0.3, 0.4) is 0 Å².